The molecule has 0 saturated heterocycles. The fraction of sp³-hybridized carbons (Fsp3) is 0.550. The molecule has 0 heterocycles. The van der Waals surface area contributed by atoms with Crippen molar-refractivity contribution in [1.82, 2.24) is 10.6 Å². The van der Waals surface area contributed by atoms with Crippen molar-refractivity contribution in [1.29, 1.82) is 0 Å². The van der Waals surface area contributed by atoms with Gasteiger partial charge in [0.15, 0.2) is 0 Å². The molecule has 2 aliphatic carbocycles. The lowest BCUT2D eigenvalue weighted by Gasteiger charge is -2.29. The van der Waals surface area contributed by atoms with Crippen LogP contribution in [0.2, 0.25) is 0 Å². The van der Waals surface area contributed by atoms with Crippen LogP contribution in [-0.4, -0.2) is 29.3 Å². The number of hydrogen-bond donors (Lipinski definition) is 3. The summed E-state index contributed by atoms with van der Waals surface area (Å²) >= 11 is 0. The van der Waals surface area contributed by atoms with Crippen LogP contribution in [0.15, 0.2) is 35.9 Å². The number of halogens is 1. The maximum atomic E-state index is 10.7. The molecule has 3 rings (SSSR count). The molecular formula is C20H29ClN2O2. The highest BCUT2D eigenvalue weighted by Crippen LogP contribution is 2.40. The molecule has 5 heteroatoms. The predicted octanol–water partition coefficient (Wildman–Crippen LogP) is 4.46. The fourth-order valence-corrected chi connectivity index (χ4v) is 3.91. The Labute approximate surface area is 156 Å². The van der Waals surface area contributed by atoms with E-state index in [0.29, 0.717) is 18.0 Å². The minimum Gasteiger partial charge on any atom is -0.465 e. The van der Waals surface area contributed by atoms with Gasteiger partial charge in [-0.25, -0.2) is 4.79 Å². The van der Waals surface area contributed by atoms with E-state index in [9.17, 15) is 4.79 Å². The molecule has 25 heavy (non-hydrogen) atoms. The summed E-state index contributed by atoms with van der Waals surface area (Å²) in [5.74, 6) is 0.671. The normalized spacial score (nSPS) is 28.8. The van der Waals surface area contributed by atoms with E-state index in [1.54, 1.807) is 5.57 Å². The highest BCUT2D eigenvalue weighted by atomic mass is 35.5. The Kier molecular flexibility index (Phi) is 7.33. The second kappa shape index (κ2) is 9.25. The molecule has 3 N–H and O–H groups in total. The van der Waals surface area contributed by atoms with E-state index in [1.165, 1.54) is 12.0 Å². The van der Waals surface area contributed by atoms with Crippen LogP contribution >= 0.6 is 12.4 Å². The second-order valence-electron chi connectivity index (χ2n) is 7.10. The summed E-state index contributed by atoms with van der Waals surface area (Å²) in [7, 11) is 0. The minimum absolute atomic E-state index is 0. The molecule has 0 aliphatic heterocycles. The Balaban J connectivity index is 0.00000225. The summed E-state index contributed by atoms with van der Waals surface area (Å²) in [5.41, 5.74) is 2.83. The molecule has 1 aromatic rings. The molecule has 1 aromatic carbocycles. The Morgan fingerprint density at radius 3 is 2.40 bits per heavy atom. The van der Waals surface area contributed by atoms with Gasteiger partial charge in [0.05, 0.1) is 0 Å². The van der Waals surface area contributed by atoms with Crippen LogP contribution < -0.4 is 10.6 Å². The third kappa shape index (κ3) is 5.75. The maximum absolute atomic E-state index is 10.7. The minimum atomic E-state index is -0.896. The molecule has 0 unspecified atom stereocenters. The van der Waals surface area contributed by atoms with Crippen molar-refractivity contribution < 1.29 is 9.90 Å². The number of carboxylic acid groups (broad SMARTS) is 1. The van der Waals surface area contributed by atoms with Gasteiger partial charge in [0, 0.05) is 18.1 Å². The van der Waals surface area contributed by atoms with Crippen LogP contribution in [0.1, 0.15) is 51.0 Å². The van der Waals surface area contributed by atoms with Crippen LogP contribution in [0.3, 0.4) is 0 Å². The van der Waals surface area contributed by atoms with E-state index in [1.807, 2.05) is 0 Å². The van der Waals surface area contributed by atoms with E-state index in [-0.39, 0.29) is 18.4 Å². The Bertz CT molecular complexity index is 583. The first-order valence-electron chi connectivity index (χ1n) is 9.16. The number of hydrogen-bond acceptors (Lipinski definition) is 2. The molecule has 2 fully saturated rings. The number of carbonyl (C=O) groups is 1. The maximum Gasteiger partial charge on any atom is 0.404 e. The summed E-state index contributed by atoms with van der Waals surface area (Å²) in [4.78, 5) is 10.7. The number of nitrogens with one attached hydrogen (secondary N) is 2. The van der Waals surface area contributed by atoms with E-state index in [2.05, 4.69) is 54.0 Å². The summed E-state index contributed by atoms with van der Waals surface area (Å²) in [5, 5.41) is 15.2. The van der Waals surface area contributed by atoms with Crippen LogP contribution in [0.5, 0.6) is 0 Å². The van der Waals surface area contributed by atoms with Crippen LogP contribution in [0.25, 0.3) is 6.08 Å². The molecule has 0 radical (unpaired) electrons. The van der Waals surface area contributed by atoms with Gasteiger partial charge in [-0.3, -0.25) is 0 Å². The molecule has 2 aliphatic rings. The summed E-state index contributed by atoms with van der Waals surface area (Å²) in [6, 6.07) is 11.8. The van der Waals surface area contributed by atoms with E-state index < -0.39 is 6.09 Å². The molecular weight excluding hydrogens is 336 g/mol. The first kappa shape index (κ1) is 19.8. The summed E-state index contributed by atoms with van der Waals surface area (Å²) in [6.45, 7) is 2.24. The zero-order valence-corrected chi connectivity index (χ0v) is 15.6. The topological polar surface area (TPSA) is 61.4 Å². The molecule has 0 spiro atoms. The Morgan fingerprint density at radius 2 is 1.80 bits per heavy atom. The third-order valence-corrected chi connectivity index (χ3v) is 5.33. The SMILES string of the molecule is CC/C(=C\c1ccccc1)[C@@H]1C[C@H]1N[C@H]1CC[C@@H](NC(=O)O)CC1.Cl. The lowest BCUT2D eigenvalue weighted by Crippen LogP contribution is -2.42. The van der Waals surface area contributed by atoms with Crippen molar-refractivity contribution in [3.8, 4) is 0 Å². The highest BCUT2D eigenvalue weighted by Gasteiger charge is 2.40. The van der Waals surface area contributed by atoms with Crippen molar-refractivity contribution in [3.05, 3.63) is 41.5 Å². The predicted molar refractivity (Wildman–Crippen MR) is 104 cm³/mol. The molecule has 4 nitrogen and oxygen atoms in total. The Morgan fingerprint density at radius 1 is 1.16 bits per heavy atom. The van der Waals surface area contributed by atoms with Gasteiger partial charge >= 0.3 is 6.09 Å². The fourth-order valence-electron chi connectivity index (χ4n) is 3.91. The third-order valence-electron chi connectivity index (χ3n) is 5.33. The van der Waals surface area contributed by atoms with Gasteiger partial charge in [0.25, 0.3) is 0 Å². The van der Waals surface area contributed by atoms with Crippen molar-refractivity contribution in [2.24, 2.45) is 5.92 Å². The van der Waals surface area contributed by atoms with Crippen LogP contribution in [-0.2, 0) is 0 Å². The average Bonchev–Trinajstić information content (AvgIpc) is 3.34. The standard InChI is InChI=1S/C20H28N2O2.ClH/c1-2-15(12-14-6-4-3-5-7-14)18-13-19(18)21-16-8-10-17(11-9-16)22-20(23)24;/h3-7,12,16-19,21-22H,2,8-11,13H2,1H3,(H,23,24);1H/b15-12+;/t16-,17+,18-,19+;/m0./s1. The zero-order chi connectivity index (χ0) is 16.9. The summed E-state index contributed by atoms with van der Waals surface area (Å²) in [6.07, 6.45) is 7.82. The van der Waals surface area contributed by atoms with Crippen molar-refractivity contribution in [3.63, 3.8) is 0 Å². The first-order valence-corrected chi connectivity index (χ1v) is 9.16. The van der Waals surface area contributed by atoms with Crippen molar-refractivity contribution in [2.45, 2.75) is 63.6 Å². The van der Waals surface area contributed by atoms with Gasteiger partial charge in [0.2, 0.25) is 0 Å². The first-order chi connectivity index (χ1) is 11.7. The van der Waals surface area contributed by atoms with Gasteiger partial charge in [-0.2, -0.15) is 0 Å². The zero-order valence-electron chi connectivity index (χ0n) is 14.8. The monoisotopic (exact) mass is 364 g/mol. The summed E-state index contributed by atoms with van der Waals surface area (Å²) < 4.78 is 0. The highest BCUT2D eigenvalue weighted by molar-refractivity contribution is 5.85. The van der Waals surface area contributed by atoms with E-state index >= 15 is 0 Å². The largest absolute Gasteiger partial charge is 0.465 e. The number of benzene rings is 1. The number of rotatable bonds is 6. The van der Waals surface area contributed by atoms with Crippen molar-refractivity contribution in [2.75, 3.05) is 0 Å². The van der Waals surface area contributed by atoms with Gasteiger partial charge in [-0.05, 0) is 50.0 Å². The van der Waals surface area contributed by atoms with Crippen molar-refractivity contribution >= 4 is 24.6 Å². The Hall–Kier alpha value is -1.52. The smallest absolute Gasteiger partial charge is 0.404 e. The molecule has 1 amide bonds. The molecule has 2 saturated carbocycles. The lowest BCUT2D eigenvalue weighted by atomic mass is 9.91. The molecule has 138 valence electrons. The van der Waals surface area contributed by atoms with Gasteiger partial charge < -0.3 is 15.7 Å². The van der Waals surface area contributed by atoms with Crippen LogP contribution in [0, 0.1) is 5.92 Å². The van der Waals surface area contributed by atoms with Gasteiger partial charge in [0.1, 0.15) is 0 Å². The second-order valence-corrected chi connectivity index (χ2v) is 7.10. The van der Waals surface area contributed by atoms with E-state index in [0.717, 1.165) is 32.1 Å². The molecule has 0 aromatic heterocycles. The van der Waals surface area contributed by atoms with Crippen LogP contribution in [0.4, 0.5) is 4.79 Å². The molecule has 2 atom stereocenters. The van der Waals surface area contributed by atoms with Gasteiger partial charge in [-0.15, -0.1) is 12.4 Å². The number of amides is 1. The average molecular weight is 365 g/mol. The lowest BCUT2D eigenvalue weighted by molar-refractivity contribution is 0.183. The van der Waals surface area contributed by atoms with Gasteiger partial charge in [-0.1, -0.05) is 48.9 Å². The molecule has 0 bridgehead atoms. The quantitative estimate of drug-likeness (QED) is 0.698. The van der Waals surface area contributed by atoms with E-state index in [4.69, 9.17) is 5.11 Å².